The zero-order valence-corrected chi connectivity index (χ0v) is 13.4. The van der Waals surface area contributed by atoms with Crippen LogP contribution in [0.25, 0.3) is 0 Å². The van der Waals surface area contributed by atoms with Gasteiger partial charge in [0.25, 0.3) is 0 Å². The number of aliphatic hydroxyl groups excluding tert-OH is 1. The van der Waals surface area contributed by atoms with Gasteiger partial charge in [0, 0.05) is 25.7 Å². The molecule has 3 atom stereocenters. The highest BCUT2D eigenvalue weighted by atomic mass is 16.3. The van der Waals surface area contributed by atoms with E-state index in [0.29, 0.717) is 18.5 Å². The summed E-state index contributed by atoms with van der Waals surface area (Å²) in [7, 11) is 0. The fourth-order valence-electron chi connectivity index (χ4n) is 3.26. The van der Waals surface area contributed by atoms with Gasteiger partial charge in [0.1, 0.15) is 0 Å². The Kier molecular flexibility index (Phi) is 6.85. The minimum Gasteiger partial charge on any atom is -0.393 e. The van der Waals surface area contributed by atoms with Crippen LogP contribution in [0.1, 0.15) is 31.7 Å². The van der Waals surface area contributed by atoms with E-state index in [1.807, 2.05) is 13.0 Å². The molecule has 1 heterocycles. The second kappa shape index (κ2) is 8.89. The molecule has 4 heteroatoms. The Morgan fingerprint density at radius 2 is 2.14 bits per heavy atom. The monoisotopic (exact) mass is 301 g/mol. The van der Waals surface area contributed by atoms with Gasteiger partial charge in [-0.25, -0.2) is 0 Å². The summed E-state index contributed by atoms with van der Waals surface area (Å²) < 4.78 is 0. The maximum atomic E-state index is 9.92. The largest absolute Gasteiger partial charge is 0.393 e. The van der Waals surface area contributed by atoms with Crippen LogP contribution in [0.3, 0.4) is 0 Å². The van der Waals surface area contributed by atoms with E-state index >= 15 is 0 Å². The number of nitrogens with zero attached hydrogens (tertiary/aromatic N) is 2. The zero-order valence-electron chi connectivity index (χ0n) is 13.4. The average Bonchev–Trinajstić information content (AvgIpc) is 2.54. The lowest BCUT2D eigenvalue weighted by molar-refractivity contribution is 0.0892. The molecular formula is C18H27N3O. The standard InChI is InChI=1S/C18H27N3O/c1-2-18(22)11-16-10-17(14-21(13-16)9-8-19)20-12-15-6-4-3-5-7-15/h3-7,16-18,20,22H,2,9-14H2,1H3. The third-order valence-corrected chi connectivity index (χ3v) is 4.42. The van der Waals surface area contributed by atoms with Crippen LogP contribution in [0, 0.1) is 17.2 Å². The number of likely N-dealkylation sites (tertiary alicyclic amines) is 1. The Balaban J connectivity index is 1.89. The van der Waals surface area contributed by atoms with E-state index in [4.69, 9.17) is 5.26 Å². The van der Waals surface area contributed by atoms with Crippen LogP contribution in [0.15, 0.2) is 30.3 Å². The van der Waals surface area contributed by atoms with E-state index in [1.165, 1.54) is 5.56 Å². The molecule has 0 aliphatic carbocycles. The lowest BCUT2D eigenvalue weighted by Crippen LogP contribution is -2.49. The number of rotatable bonds is 7. The molecule has 1 aliphatic rings. The summed E-state index contributed by atoms with van der Waals surface area (Å²) in [5.41, 5.74) is 1.28. The molecule has 0 aromatic heterocycles. The molecule has 0 amide bonds. The minimum atomic E-state index is -0.221. The van der Waals surface area contributed by atoms with Crippen LogP contribution >= 0.6 is 0 Å². The summed E-state index contributed by atoms with van der Waals surface area (Å²) in [4.78, 5) is 2.21. The van der Waals surface area contributed by atoms with E-state index in [-0.39, 0.29) is 6.10 Å². The van der Waals surface area contributed by atoms with E-state index in [0.717, 1.165) is 38.9 Å². The molecule has 1 fully saturated rings. The van der Waals surface area contributed by atoms with Gasteiger partial charge in [0.05, 0.1) is 18.7 Å². The van der Waals surface area contributed by atoms with Crippen LogP contribution in [-0.4, -0.2) is 41.8 Å². The first-order valence-electron chi connectivity index (χ1n) is 8.26. The zero-order chi connectivity index (χ0) is 15.8. The van der Waals surface area contributed by atoms with E-state index in [2.05, 4.69) is 40.6 Å². The van der Waals surface area contributed by atoms with Gasteiger partial charge in [-0.2, -0.15) is 5.26 Å². The van der Waals surface area contributed by atoms with Crippen molar-refractivity contribution in [3.05, 3.63) is 35.9 Å². The molecule has 3 unspecified atom stereocenters. The summed E-state index contributed by atoms with van der Waals surface area (Å²) in [6, 6.07) is 13.0. The van der Waals surface area contributed by atoms with Crippen molar-refractivity contribution >= 4 is 0 Å². The van der Waals surface area contributed by atoms with Crippen molar-refractivity contribution < 1.29 is 5.11 Å². The molecule has 0 radical (unpaired) electrons. The predicted octanol–water partition coefficient (Wildman–Crippen LogP) is 2.15. The van der Waals surface area contributed by atoms with Gasteiger partial charge in [-0.3, -0.25) is 4.90 Å². The van der Waals surface area contributed by atoms with Crippen LogP contribution in [0.2, 0.25) is 0 Å². The molecule has 1 aromatic carbocycles. The second-order valence-corrected chi connectivity index (χ2v) is 6.32. The van der Waals surface area contributed by atoms with Crippen molar-refractivity contribution in [3.8, 4) is 6.07 Å². The smallest absolute Gasteiger partial charge is 0.0866 e. The number of nitriles is 1. The highest BCUT2D eigenvalue weighted by Gasteiger charge is 2.27. The number of nitrogens with one attached hydrogen (secondary N) is 1. The summed E-state index contributed by atoms with van der Waals surface area (Å²) in [5, 5.41) is 22.5. The predicted molar refractivity (Wildman–Crippen MR) is 88.1 cm³/mol. The van der Waals surface area contributed by atoms with Gasteiger partial charge < -0.3 is 10.4 Å². The molecule has 1 saturated heterocycles. The quantitative estimate of drug-likeness (QED) is 0.758. The first-order valence-corrected chi connectivity index (χ1v) is 8.26. The summed E-state index contributed by atoms with van der Waals surface area (Å²) in [6.07, 6.45) is 2.49. The lowest BCUT2D eigenvalue weighted by Gasteiger charge is -2.37. The molecule has 0 bridgehead atoms. The van der Waals surface area contributed by atoms with Gasteiger partial charge in [0.2, 0.25) is 0 Å². The third-order valence-electron chi connectivity index (χ3n) is 4.42. The van der Waals surface area contributed by atoms with E-state index in [9.17, 15) is 5.11 Å². The van der Waals surface area contributed by atoms with Gasteiger partial charge in [0.15, 0.2) is 0 Å². The molecular weight excluding hydrogens is 274 g/mol. The summed E-state index contributed by atoms with van der Waals surface area (Å²) >= 11 is 0. The fourth-order valence-corrected chi connectivity index (χ4v) is 3.26. The van der Waals surface area contributed by atoms with Crippen molar-refractivity contribution in [1.29, 1.82) is 5.26 Å². The summed E-state index contributed by atoms with van der Waals surface area (Å²) in [5.74, 6) is 0.463. The summed E-state index contributed by atoms with van der Waals surface area (Å²) in [6.45, 7) is 5.19. The number of hydrogen-bond donors (Lipinski definition) is 2. The second-order valence-electron chi connectivity index (χ2n) is 6.32. The van der Waals surface area contributed by atoms with Crippen LogP contribution in [-0.2, 0) is 6.54 Å². The number of aliphatic hydroxyl groups is 1. The SMILES string of the molecule is CCC(O)CC1CC(NCc2ccccc2)CN(CC#N)C1. The van der Waals surface area contributed by atoms with Gasteiger partial charge in [-0.05, 0) is 30.7 Å². The molecule has 22 heavy (non-hydrogen) atoms. The molecule has 2 N–H and O–H groups in total. The van der Waals surface area contributed by atoms with Crippen molar-refractivity contribution in [1.82, 2.24) is 10.2 Å². The lowest BCUT2D eigenvalue weighted by atomic mass is 9.88. The van der Waals surface area contributed by atoms with E-state index in [1.54, 1.807) is 0 Å². The number of hydrogen-bond acceptors (Lipinski definition) is 4. The van der Waals surface area contributed by atoms with Crippen LogP contribution in [0.5, 0.6) is 0 Å². The Bertz CT molecular complexity index is 471. The van der Waals surface area contributed by atoms with Crippen molar-refractivity contribution in [2.45, 2.75) is 44.9 Å². The Hall–Kier alpha value is -1.41. The average molecular weight is 301 g/mol. The first kappa shape index (κ1) is 17.0. The highest BCUT2D eigenvalue weighted by Crippen LogP contribution is 2.22. The Morgan fingerprint density at radius 1 is 1.36 bits per heavy atom. The number of benzene rings is 1. The first-order chi connectivity index (χ1) is 10.7. The molecule has 4 nitrogen and oxygen atoms in total. The molecule has 0 spiro atoms. The maximum absolute atomic E-state index is 9.92. The van der Waals surface area contributed by atoms with Gasteiger partial charge in [-0.15, -0.1) is 0 Å². The van der Waals surface area contributed by atoms with Gasteiger partial charge >= 0.3 is 0 Å². The van der Waals surface area contributed by atoms with Crippen LogP contribution < -0.4 is 5.32 Å². The molecule has 120 valence electrons. The van der Waals surface area contributed by atoms with Crippen molar-refractivity contribution in [2.75, 3.05) is 19.6 Å². The fraction of sp³-hybridized carbons (Fsp3) is 0.611. The Morgan fingerprint density at radius 3 is 2.82 bits per heavy atom. The third kappa shape index (κ3) is 5.42. The van der Waals surface area contributed by atoms with Crippen molar-refractivity contribution in [3.63, 3.8) is 0 Å². The molecule has 1 aliphatic heterocycles. The highest BCUT2D eigenvalue weighted by molar-refractivity contribution is 5.14. The topological polar surface area (TPSA) is 59.3 Å². The van der Waals surface area contributed by atoms with E-state index < -0.39 is 0 Å². The Labute approximate surface area is 133 Å². The molecule has 2 rings (SSSR count). The van der Waals surface area contributed by atoms with Gasteiger partial charge in [-0.1, -0.05) is 37.3 Å². The number of piperidine rings is 1. The molecule has 1 aromatic rings. The van der Waals surface area contributed by atoms with Crippen molar-refractivity contribution in [2.24, 2.45) is 5.92 Å². The van der Waals surface area contributed by atoms with Crippen LogP contribution in [0.4, 0.5) is 0 Å². The molecule has 0 saturated carbocycles. The normalized spacial score (nSPS) is 23.9. The minimum absolute atomic E-state index is 0.221. The maximum Gasteiger partial charge on any atom is 0.0866 e.